The summed E-state index contributed by atoms with van der Waals surface area (Å²) in [6.07, 6.45) is 0. The number of sulfonamides is 1. The molecule has 21 heavy (non-hydrogen) atoms. The second-order valence-electron chi connectivity index (χ2n) is 4.02. The molecule has 0 unspecified atom stereocenters. The van der Waals surface area contributed by atoms with Gasteiger partial charge in [-0.05, 0) is 12.1 Å². The molecule has 1 atom stereocenters. The van der Waals surface area contributed by atoms with E-state index in [1.54, 1.807) is 0 Å². The Balaban J connectivity index is 2.42. The zero-order valence-electron chi connectivity index (χ0n) is 10.1. The van der Waals surface area contributed by atoms with E-state index >= 15 is 0 Å². The molecule has 0 aromatic heterocycles. The summed E-state index contributed by atoms with van der Waals surface area (Å²) >= 11 is 11.5. The van der Waals surface area contributed by atoms with Crippen LogP contribution < -0.4 is 10.2 Å². The van der Waals surface area contributed by atoms with E-state index in [0.29, 0.717) is 0 Å². The Morgan fingerprint density at radius 2 is 2.05 bits per heavy atom. The number of carboxylic acids is 1. The number of hydrogen-bond donors (Lipinski definition) is 3. The van der Waals surface area contributed by atoms with Crippen molar-refractivity contribution in [2.75, 3.05) is 6.61 Å². The molecule has 1 amide bonds. The summed E-state index contributed by atoms with van der Waals surface area (Å²) in [5, 5.41) is 8.48. The van der Waals surface area contributed by atoms with Crippen molar-refractivity contribution in [1.82, 2.24) is 10.2 Å². The number of carboxylic acid groups (broad SMARTS) is 1. The Labute approximate surface area is 129 Å². The molecule has 0 spiro atoms. The number of aromatic carboxylic acids is 1. The summed E-state index contributed by atoms with van der Waals surface area (Å²) in [7, 11) is -4.22. The van der Waals surface area contributed by atoms with E-state index in [4.69, 9.17) is 28.3 Å². The van der Waals surface area contributed by atoms with E-state index in [2.05, 4.69) is 9.56 Å². The minimum atomic E-state index is -4.22. The van der Waals surface area contributed by atoms with Crippen LogP contribution in [0, 0.1) is 0 Å². The predicted molar refractivity (Wildman–Crippen MR) is 71.6 cm³/mol. The topological polar surface area (TPSA) is 122 Å². The molecule has 0 aliphatic carbocycles. The summed E-state index contributed by atoms with van der Waals surface area (Å²) in [5.74, 6) is -2.07. The van der Waals surface area contributed by atoms with Crippen LogP contribution in [0.5, 0.6) is 0 Å². The van der Waals surface area contributed by atoms with Gasteiger partial charge < -0.3 is 5.11 Å². The van der Waals surface area contributed by atoms with Crippen molar-refractivity contribution in [3.8, 4) is 0 Å². The van der Waals surface area contributed by atoms with Crippen LogP contribution in [0.2, 0.25) is 10.0 Å². The number of nitrogens with one attached hydrogen (secondary N) is 2. The van der Waals surface area contributed by atoms with Crippen LogP contribution in [-0.4, -0.2) is 38.0 Å². The van der Waals surface area contributed by atoms with Crippen molar-refractivity contribution in [3.05, 3.63) is 27.7 Å². The molecule has 114 valence electrons. The molecule has 1 heterocycles. The van der Waals surface area contributed by atoms with Crippen LogP contribution in [-0.2, 0) is 19.7 Å². The molecular formula is C10H8Cl2N2O6S. The highest BCUT2D eigenvalue weighted by Gasteiger charge is 2.32. The molecule has 11 heteroatoms. The Kier molecular flexibility index (Phi) is 4.40. The Morgan fingerprint density at radius 1 is 1.38 bits per heavy atom. The lowest BCUT2D eigenvalue weighted by molar-refractivity contribution is -0.124. The minimum absolute atomic E-state index is 0.199. The third-order valence-corrected chi connectivity index (χ3v) is 4.83. The molecule has 0 saturated carbocycles. The van der Waals surface area contributed by atoms with Crippen molar-refractivity contribution in [3.63, 3.8) is 0 Å². The summed E-state index contributed by atoms with van der Waals surface area (Å²) < 4.78 is 26.4. The quantitative estimate of drug-likeness (QED) is 0.719. The van der Waals surface area contributed by atoms with E-state index in [1.165, 1.54) is 0 Å². The molecular weight excluding hydrogens is 347 g/mol. The van der Waals surface area contributed by atoms with Crippen LogP contribution in [0.25, 0.3) is 0 Å². The zero-order chi connectivity index (χ0) is 15.8. The highest BCUT2D eigenvalue weighted by atomic mass is 35.5. The van der Waals surface area contributed by atoms with E-state index in [-0.39, 0.29) is 16.7 Å². The van der Waals surface area contributed by atoms with Gasteiger partial charge in [0.15, 0.2) is 0 Å². The average Bonchev–Trinajstić information content (AvgIpc) is 2.73. The first-order valence-corrected chi connectivity index (χ1v) is 7.62. The van der Waals surface area contributed by atoms with Gasteiger partial charge in [0.1, 0.15) is 17.5 Å². The van der Waals surface area contributed by atoms with Crippen molar-refractivity contribution >= 4 is 45.1 Å². The Morgan fingerprint density at radius 3 is 2.57 bits per heavy atom. The standard InChI is InChI=1S/C10H8Cl2N2O6S/c11-5-2-6(12)8(1-4(5)10(16)17)21(18,19)14-7-3-20-13-9(7)15/h1-2,7,14H,3H2,(H,13,15)(H,16,17)/t7-/m1/s1. The lowest BCUT2D eigenvalue weighted by atomic mass is 10.2. The third kappa shape index (κ3) is 3.27. The summed E-state index contributed by atoms with van der Waals surface area (Å²) in [6.45, 7) is -0.199. The highest BCUT2D eigenvalue weighted by Crippen LogP contribution is 2.29. The SMILES string of the molecule is O=C(O)c1cc(S(=O)(=O)N[C@@H]2CONC2=O)c(Cl)cc1Cl. The first-order valence-electron chi connectivity index (χ1n) is 5.38. The number of carbonyl (C=O) groups excluding carboxylic acids is 1. The van der Waals surface area contributed by atoms with Gasteiger partial charge in [0.05, 0.1) is 15.6 Å². The van der Waals surface area contributed by atoms with E-state index < -0.39 is 38.4 Å². The van der Waals surface area contributed by atoms with Gasteiger partial charge in [-0.15, -0.1) is 0 Å². The fraction of sp³-hybridized carbons (Fsp3) is 0.200. The predicted octanol–water partition coefficient (Wildman–Crippen LogP) is 0.400. The number of rotatable bonds is 4. The maximum Gasteiger partial charge on any atom is 0.337 e. The third-order valence-electron chi connectivity index (χ3n) is 2.58. The lowest BCUT2D eigenvalue weighted by Crippen LogP contribution is -2.41. The van der Waals surface area contributed by atoms with Gasteiger partial charge in [-0.3, -0.25) is 9.63 Å². The molecule has 3 N–H and O–H groups in total. The Hall–Kier alpha value is -1.39. The van der Waals surface area contributed by atoms with E-state index in [1.807, 2.05) is 5.48 Å². The molecule has 8 nitrogen and oxygen atoms in total. The first kappa shape index (κ1) is 16.0. The molecule has 2 rings (SSSR count). The monoisotopic (exact) mass is 354 g/mol. The Bertz CT molecular complexity index is 721. The number of hydrogen-bond acceptors (Lipinski definition) is 5. The second kappa shape index (κ2) is 5.78. The van der Waals surface area contributed by atoms with Crippen LogP contribution in [0.3, 0.4) is 0 Å². The molecule has 0 radical (unpaired) electrons. The summed E-state index contributed by atoms with van der Waals surface area (Å²) in [6, 6.07) is 0.699. The van der Waals surface area contributed by atoms with Crippen molar-refractivity contribution < 1.29 is 28.0 Å². The number of carbonyl (C=O) groups is 2. The summed E-state index contributed by atoms with van der Waals surface area (Å²) in [5.41, 5.74) is 1.56. The maximum atomic E-state index is 12.2. The average molecular weight is 355 g/mol. The second-order valence-corrected chi connectivity index (χ2v) is 6.52. The molecule has 1 aromatic carbocycles. The highest BCUT2D eigenvalue weighted by molar-refractivity contribution is 7.89. The van der Waals surface area contributed by atoms with Crippen molar-refractivity contribution in [2.24, 2.45) is 0 Å². The fourth-order valence-corrected chi connectivity index (χ4v) is 3.61. The first-order chi connectivity index (χ1) is 9.72. The zero-order valence-corrected chi connectivity index (χ0v) is 12.4. The minimum Gasteiger partial charge on any atom is -0.478 e. The smallest absolute Gasteiger partial charge is 0.337 e. The van der Waals surface area contributed by atoms with Gasteiger partial charge in [-0.2, -0.15) is 4.72 Å². The van der Waals surface area contributed by atoms with Crippen molar-refractivity contribution in [2.45, 2.75) is 10.9 Å². The lowest BCUT2D eigenvalue weighted by Gasteiger charge is -2.12. The van der Waals surface area contributed by atoms with E-state index in [9.17, 15) is 18.0 Å². The number of benzene rings is 1. The molecule has 1 aliphatic rings. The van der Waals surface area contributed by atoms with Crippen molar-refractivity contribution in [1.29, 1.82) is 0 Å². The van der Waals surface area contributed by atoms with Crippen LogP contribution in [0.15, 0.2) is 17.0 Å². The molecule has 1 fully saturated rings. The summed E-state index contributed by atoms with van der Waals surface area (Å²) in [4.78, 5) is 26.4. The molecule has 1 aromatic rings. The fourth-order valence-electron chi connectivity index (χ4n) is 1.58. The van der Waals surface area contributed by atoms with Gasteiger partial charge in [-0.25, -0.2) is 18.7 Å². The molecule has 1 aliphatic heterocycles. The van der Waals surface area contributed by atoms with Gasteiger partial charge in [0.25, 0.3) is 5.91 Å². The van der Waals surface area contributed by atoms with Gasteiger partial charge in [0.2, 0.25) is 10.0 Å². The van der Waals surface area contributed by atoms with Crippen LogP contribution in [0.1, 0.15) is 10.4 Å². The molecule has 1 saturated heterocycles. The molecule has 0 bridgehead atoms. The number of hydroxylamine groups is 1. The normalized spacial score (nSPS) is 18.6. The number of amides is 1. The largest absolute Gasteiger partial charge is 0.478 e. The van der Waals surface area contributed by atoms with Crippen LogP contribution >= 0.6 is 23.2 Å². The maximum absolute atomic E-state index is 12.2. The van der Waals surface area contributed by atoms with Gasteiger partial charge in [-0.1, -0.05) is 23.2 Å². The van der Waals surface area contributed by atoms with Gasteiger partial charge in [0, 0.05) is 0 Å². The van der Waals surface area contributed by atoms with Crippen LogP contribution in [0.4, 0.5) is 0 Å². The van der Waals surface area contributed by atoms with E-state index in [0.717, 1.165) is 12.1 Å². The van der Waals surface area contributed by atoms with Gasteiger partial charge >= 0.3 is 5.97 Å². The number of halogens is 2.